The van der Waals surface area contributed by atoms with E-state index in [1.165, 1.54) is 32.1 Å². The third kappa shape index (κ3) is 1.95. The summed E-state index contributed by atoms with van der Waals surface area (Å²) in [7, 11) is 1.99. The van der Waals surface area contributed by atoms with E-state index in [9.17, 15) is 9.90 Å². The summed E-state index contributed by atoms with van der Waals surface area (Å²) in [6, 6.07) is 0.376. The summed E-state index contributed by atoms with van der Waals surface area (Å²) in [5.41, 5.74) is 0.490. The van der Waals surface area contributed by atoms with Crippen molar-refractivity contribution in [3.05, 3.63) is 12.2 Å². The van der Waals surface area contributed by atoms with Gasteiger partial charge in [-0.1, -0.05) is 19.9 Å². The topological polar surface area (TPSA) is 40.5 Å². The SMILES string of the molecule is CN1C(=O)C=C[C@]2(C)C3CC[C@]4(C)[C@@H](CO)CC[C@H]4C3CCC12. The highest BCUT2D eigenvalue weighted by Crippen LogP contribution is 2.65. The molecule has 23 heavy (non-hydrogen) atoms. The molecule has 0 bridgehead atoms. The molecule has 1 N–H and O–H groups in total. The highest BCUT2D eigenvalue weighted by atomic mass is 16.3. The lowest BCUT2D eigenvalue weighted by Crippen LogP contribution is -2.59. The first-order chi connectivity index (χ1) is 10.9. The Balaban J connectivity index is 1.67. The number of likely N-dealkylation sites (N-methyl/N-ethyl adjacent to an activating group) is 1. The number of aliphatic hydroxyl groups excluding tert-OH is 1. The molecule has 0 spiro atoms. The Morgan fingerprint density at radius 1 is 1.17 bits per heavy atom. The van der Waals surface area contributed by atoms with Crippen LogP contribution in [-0.2, 0) is 4.79 Å². The average Bonchev–Trinajstić information content (AvgIpc) is 2.88. The number of rotatable bonds is 1. The van der Waals surface area contributed by atoms with Crippen LogP contribution in [0.5, 0.6) is 0 Å². The lowest BCUT2D eigenvalue weighted by atomic mass is 9.48. The Morgan fingerprint density at radius 2 is 1.96 bits per heavy atom. The van der Waals surface area contributed by atoms with Crippen molar-refractivity contribution in [2.24, 2.45) is 34.5 Å². The van der Waals surface area contributed by atoms with Crippen molar-refractivity contribution >= 4 is 5.91 Å². The molecule has 1 heterocycles. The van der Waals surface area contributed by atoms with Crippen molar-refractivity contribution in [2.45, 2.75) is 58.4 Å². The molecular formula is C20H31NO2. The lowest BCUT2D eigenvalue weighted by Gasteiger charge is -2.60. The van der Waals surface area contributed by atoms with Crippen LogP contribution >= 0.6 is 0 Å². The van der Waals surface area contributed by atoms with Crippen LogP contribution in [0.4, 0.5) is 0 Å². The Morgan fingerprint density at radius 3 is 2.70 bits per heavy atom. The average molecular weight is 317 g/mol. The highest BCUT2D eigenvalue weighted by Gasteiger charge is 2.60. The van der Waals surface area contributed by atoms with Gasteiger partial charge in [-0.2, -0.15) is 0 Å². The number of amides is 1. The molecule has 3 unspecified atom stereocenters. The molecule has 0 saturated heterocycles. The first-order valence-electron chi connectivity index (χ1n) is 9.48. The van der Waals surface area contributed by atoms with E-state index in [1.54, 1.807) is 0 Å². The maximum atomic E-state index is 12.1. The van der Waals surface area contributed by atoms with Crippen LogP contribution in [0.15, 0.2) is 12.2 Å². The maximum Gasteiger partial charge on any atom is 0.246 e. The van der Waals surface area contributed by atoms with E-state index in [0.29, 0.717) is 29.9 Å². The van der Waals surface area contributed by atoms with Crippen LogP contribution < -0.4 is 0 Å². The molecule has 0 aromatic heterocycles. The normalized spacial score (nSPS) is 52.1. The van der Waals surface area contributed by atoms with E-state index in [-0.39, 0.29) is 11.3 Å². The van der Waals surface area contributed by atoms with Crippen LogP contribution in [0.2, 0.25) is 0 Å². The summed E-state index contributed by atoms with van der Waals surface area (Å²) in [6.07, 6.45) is 11.5. The first-order valence-corrected chi connectivity index (χ1v) is 9.48. The standard InChI is InChI=1S/C20H31NO2/c1-19-10-8-16-14(15(19)6-4-13(19)12-22)5-7-17-20(16,2)11-9-18(23)21(17)3/h9,11,13-17,22H,4-8,10,12H2,1-3H3/t13-,14?,15+,16?,17?,19-,20-/m1/s1. The molecule has 1 aliphatic heterocycles. The van der Waals surface area contributed by atoms with Gasteiger partial charge in [0.1, 0.15) is 0 Å². The lowest BCUT2D eigenvalue weighted by molar-refractivity contribution is -0.139. The van der Waals surface area contributed by atoms with Gasteiger partial charge in [0.2, 0.25) is 5.91 Å². The Labute approximate surface area is 140 Å². The molecule has 3 aliphatic carbocycles. The van der Waals surface area contributed by atoms with E-state index >= 15 is 0 Å². The predicted octanol–water partition coefficient (Wildman–Crippen LogP) is 3.23. The van der Waals surface area contributed by atoms with Gasteiger partial charge < -0.3 is 10.0 Å². The minimum atomic E-state index is 0.143. The molecule has 7 atom stereocenters. The highest BCUT2D eigenvalue weighted by molar-refractivity contribution is 5.89. The van der Waals surface area contributed by atoms with Crippen LogP contribution in [0.3, 0.4) is 0 Å². The molecule has 3 saturated carbocycles. The summed E-state index contributed by atoms with van der Waals surface area (Å²) in [5.74, 6) is 2.92. The number of carbonyl (C=O) groups is 1. The summed E-state index contributed by atoms with van der Waals surface area (Å²) < 4.78 is 0. The fourth-order valence-corrected chi connectivity index (χ4v) is 7.15. The Bertz CT molecular complexity index is 544. The van der Waals surface area contributed by atoms with Gasteiger partial charge in [-0.3, -0.25) is 4.79 Å². The second kappa shape index (κ2) is 5.08. The molecule has 4 rings (SSSR count). The number of nitrogens with zero attached hydrogens (tertiary/aromatic N) is 1. The van der Waals surface area contributed by atoms with Gasteiger partial charge in [0.15, 0.2) is 0 Å². The van der Waals surface area contributed by atoms with Crippen LogP contribution in [0.1, 0.15) is 52.4 Å². The molecule has 3 fully saturated rings. The number of carbonyl (C=O) groups excluding carboxylic acids is 1. The molecule has 3 heteroatoms. The van der Waals surface area contributed by atoms with Gasteiger partial charge in [-0.15, -0.1) is 0 Å². The summed E-state index contributed by atoms with van der Waals surface area (Å²) in [4.78, 5) is 14.1. The second-order valence-corrected chi connectivity index (χ2v) is 9.12. The number of hydrogen-bond donors (Lipinski definition) is 1. The largest absolute Gasteiger partial charge is 0.396 e. The number of hydrogen-bond acceptors (Lipinski definition) is 2. The fraction of sp³-hybridized carbons (Fsp3) is 0.850. The van der Waals surface area contributed by atoms with Gasteiger partial charge in [0, 0.05) is 25.1 Å². The minimum Gasteiger partial charge on any atom is -0.396 e. The third-order valence-corrected chi connectivity index (χ3v) is 8.54. The quantitative estimate of drug-likeness (QED) is 0.806. The molecule has 0 radical (unpaired) electrons. The molecule has 0 aromatic rings. The zero-order valence-electron chi connectivity index (χ0n) is 14.8. The maximum absolute atomic E-state index is 12.1. The van der Waals surface area contributed by atoms with E-state index in [2.05, 4.69) is 19.9 Å². The minimum absolute atomic E-state index is 0.143. The van der Waals surface area contributed by atoms with Crippen molar-refractivity contribution in [2.75, 3.05) is 13.7 Å². The van der Waals surface area contributed by atoms with Crippen molar-refractivity contribution in [1.82, 2.24) is 4.90 Å². The zero-order chi connectivity index (χ0) is 16.4. The predicted molar refractivity (Wildman–Crippen MR) is 90.7 cm³/mol. The number of fused-ring (bicyclic) bond motifs is 5. The summed E-state index contributed by atoms with van der Waals surface area (Å²) in [5, 5.41) is 9.81. The van der Waals surface area contributed by atoms with Gasteiger partial charge in [-0.25, -0.2) is 0 Å². The first kappa shape index (κ1) is 15.7. The molecule has 3 nitrogen and oxygen atoms in total. The molecule has 1 amide bonds. The van der Waals surface area contributed by atoms with E-state index in [0.717, 1.165) is 18.3 Å². The zero-order valence-corrected chi connectivity index (χ0v) is 14.8. The van der Waals surface area contributed by atoms with Crippen molar-refractivity contribution in [3.63, 3.8) is 0 Å². The van der Waals surface area contributed by atoms with Crippen molar-refractivity contribution < 1.29 is 9.90 Å². The second-order valence-electron chi connectivity index (χ2n) is 9.12. The van der Waals surface area contributed by atoms with Crippen LogP contribution in [0.25, 0.3) is 0 Å². The molecule has 128 valence electrons. The summed E-state index contributed by atoms with van der Waals surface area (Å²) in [6.45, 7) is 5.21. The molecular weight excluding hydrogens is 286 g/mol. The Hall–Kier alpha value is -0.830. The van der Waals surface area contributed by atoms with Gasteiger partial charge >= 0.3 is 0 Å². The smallest absolute Gasteiger partial charge is 0.246 e. The molecule has 0 aromatic carbocycles. The van der Waals surface area contributed by atoms with Gasteiger partial charge in [0.05, 0.1) is 0 Å². The molecule has 4 aliphatic rings. The van der Waals surface area contributed by atoms with E-state index in [1.807, 2.05) is 18.0 Å². The summed E-state index contributed by atoms with van der Waals surface area (Å²) >= 11 is 0. The Kier molecular flexibility index (Phi) is 3.46. The van der Waals surface area contributed by atoms with Gasteiger partial charge in [0.25, 0.3) is 0 Å². The fourth-order valence-electron chi connectivity index (χ4n) is 7.15. The van der Waals surface area contributed by atoms with Crippen LogP contribution in [0, 0.1) is 34.5 Å². The monoisotopic (exact) mass is 317 g/mol. The van der Waals surface area contributed by atoms with E-state index < -0.39 is 0 Å². The van der Waals surface area contributed by atoms with Crippen LogP contribution in [-0.4, -0.2) is 35.6 Å². The third-order valence-electron chi connectivity index (χ3n) is 8.54. The van der Waals surface area contributed by atoms with Crippen molar-refractivity contribution in [1.29, 1.82) is 0 Å². The number of aliphatic hydroxyl groups is 1. The van der Waals surface area contributed by atoms with Gasteiger partial charge in [-0.05, 0) is 73.7 Å². The van der Waals surface area contributed by atoms with E-state index in [4.69, 9.17) is 0 Å². The van der Waals surface area contributed by atoms with Crippen molar-refractivity contribution in [3.8, 4) is 0 Å².